The zero-order chi connectivity index (χ0) is 12.7. The first-order chi connectivity index (χ1) is 7.40. The molecule has 0 aliphatic rings. The van der Waals surface area contributed by atoms with Gasteiger partial charge in [-0.2, -0.15) is 0 Å². The summed E-state index contributed by atoms with van der Waals surface area (Å²) in [6, 6.07) is 1.26. The van der Waals surface area contributed by atoms with Crippen LogP contribution in [0.5, 0.6) is 0 Å². The van der Waals surface area contributed by atoms with E-state index in [1.807, 2.05) is 0 Å². The van der Waals surface area contributed by atoms with E-state index in [2.05, 4.69) is 51.5 Å². The maximum Gasteiger partial charge on any atom is 0.0115 e. The summed E-state index contributed by atoms with van der Waals surface area (Å²) in [4.78, 5) is 4.89. The number of hydrogen-bond acceptors (Lipinski definition) is 3. The van der Waals surface area contributed by atoms with Gasteiger partial charge in [-0.15, -0.1) is 0 Å². The first kappa shape index (κ1) is 15.9. The lowest BCUT2D eigenvalue weighted by atomic mass is 10.0. The van der Waals surface area contributed by atoms with Crippen LogP contribution in [0.3, 0.4) is 0 Å². The van der Waals surface area contributed by atoms with Gasteiger partial charge in [-0.1, -0.05) is 13.8 Å². The van der Waals surface area contributed by atoms with Gasteiger partial charge >= 0.3 is 0 Å². The van der Waals surface area contributed by atoms with Crippen molar-refractivity contribution in [1.82, 2.24) is 9.80 Å². The average molecular weight is 229 g/mol. The molecule has 0 amide bonds. The van der Waals surface area contributed by atoms with Gasteiger partial charge in [0, 0.05) is 38.3 Å². The minimum Gasteiger partial charge on any atom is -0.329 e. The third kappa shape index (κ3) is 5.83. The molecule has 0 aromatic rings. The monoisotopic (exact) mass is 229 g/mol. The zero-order valence-electron chi connectivity index (χ0n) is 12.0. The second-order valence-electron chi connectivity index (χ2n) is 5.41. The van der Waals surface area contributed by atoms with E-state index in [4.69, 9.17) is 5.73 Å². The van der Waals surface area contributed by atoms with Crippen molar-refractivity contribution in [3.63, 3.8) is 0 Å². The molecule has 0 radical (unpaired) electrons. The highest BCUT2D eigenvalue weighted by atomic mass is 15.2. The molecule has 0 heterocycles. The Hall–Kier alpha value is -0.120. The molecule has 16 heavy (non-hydrogen) atoms. The Labute approximate surface area is 102 Å². The quantitative estimate of drug-likeness (QED) is 0.687. The Morgan fingerprint density at radius 1 is 0.938 bits per heavy atom. The van der Waals surface area contributed by atoms with Gasteiger partial charge in [-0.05, 0) is 33.7 Å². The molecule has 0 aliphatic carbocycles. The van der Waals surface area contributed by atoms with E-state index in [-0.39, 0.29) is 0 Å². The van der Waals surface area contributed by atoms with E-state index in [1.54, 1.807) is 0 Å². The topological polar surface area (TPSA) is 32.5 Å². The van der Waals surface area contributed by atoms with Crippen LogP contribution in [0.1, 0.15) is 34.6 Å². The Morgan fingerprint density at radius 2 is 1.50 bits per heavy atom. The largest absolute Gasteiger partial charge is 0.329 e. The lowest BCUT2D eigenvalue weighted by Gasteiger charge is -2.36. The summed E-state index contributed by atoms with van der Waals surface area (Å²) in [7, 11) is 2.14. The smallest absolute Gasteiger partial charge is 0.0115 e. The van der Waals surface area contributed by atoms with E-state index < -0.39 is 0 Å². The summed E-state index contributed by atoms with van der Waals surface area (Å²) in [6.07, 6.45) is 0. The highest BCUT2D eigenvalue weighted by molar-refractivity contribution is 4.74. The molecule has 3 heteroatoms. The van der Waals surface area contributed by atoms with Crippen molar-refractivity contribution in [2.45, 2.75) is 46.7 Å². The maximum absolute atomic E-state index is 5.55. The second-order valence-corrected chi connectivity index (χ2v) is 5.41. The third-order valence-electron chi connectivity index (χ3n) is 3.40. The van der Waals surface area contributed by atoms with Crippen LogP contribution in [-0.4, -0.2) is 55.1 Å². The molecule has 0 aliphatic heterocycles. The van der Waals surface area contributed by atoms with Crippen LogP contribution in [0.15, 0.2) is 0 Å². The Balaban J connectivity index is 4.14. The zero-order valence-corrected chi connectivity index (χ0v) is 12.0. The van der Waals surface area contributed by atoms with Crippen molar-refractivity contribution in [2.24, 2.45) is 11.7 Å². The maximum atomic E-state index is 5.55. The summed E-state index contributed by atoms with van der Waals surface area (Å²) in [5, 5.41) is 0. The number of nitrogens with zero attached hydrogens (tertiary/aromatic N) is 2. The van der Waals surface area contributed by atoms with Crippen LogP contribution in [0, 0.1) is 5.92 Å². The highest BCUT2D eigenvalue weighted by Gasteiger charge is 2.19. The van der Waals surface area contributed by atoms with Crippen molar-refractivity contribution < 1.29 is 0 Å². The van der Waals surface area contributed by atoms with Crippen LogP contribution in [0.4, 0.5) is 0 Å². The van der Waals surface area contributed by atoms with Crippen LogP contribution < -0.4 is 5.73 Å². The SMILES string of the molecule is CC(C)C(C)N(CCN(C)CCN)C(C)C. The summed E-state index contributed by atoms with van der Waals surface area (Å²) in [6.45, 7) is 15.4. The number of hydrogen-bond donors (Lipinski definition) is 1. The molecule has 98 valence electrons. The van der Waals surface area contributed by atoms with E-state index in [9.17, 15) is 0 Å². The van der Waals surface area contributed by atoms with Gasteiger partial charge in [0.1, 0.15) is 0 Å². The molecule has 0 fully saturated rings. The van der Waals surface area contributed by atoms with E-state index in [1.165, 1.54) is 0 Å². The summed E-state index contributed by atoms with van der Waals surface area (Å²) < 4.78 is 0. The van der Waals surface area contributed by atoms with Gasteiger partial charge in [-0.25, -0.2) is 0 Å². The fourth-order valence-electron chi connectivity index (χ4n) is 1.93. The standard InChI is InChI=1S/C13H31N3/c1-11(2)13(5)16(12(3)4)10-9-15(6)8-7-14/h11-13H,7-10,14H2,1-6H3. The Bertz CT molecular complexity index is 169. The average Bonchev–Trinajstić information content (AvgIpc) is 2.17. The van der Waals surface area contributed by atoms with Crippen molar-refractivity contribution in [1.29, 1.82) is 0 Å². The predicted molar refractivity (Wildman–Crippen MR) is 72.7 cm³/mol. The summed E-state index contributed by atoms with van der Waals surface area (Å²) in [5.41, 5.74) is 5.55. The molecular formula is C13H31N3. The van der Waals surface area contributed by atoms with E-state index in [0.29, 0.717) is 18.0 Å². The van der Waals surface area contributed by atoms with Crippen LogP contribution in [0.2, 0.25) is 0 Å². The van der Waals surface area contributed by atoms with Gasteiger partial charge in [-0.3, -0.25) is 4.90 Å². The van der Waals surface area contributed by atoms with Crippen LogP contribution in [-0.2, 0) is 0 Å². The summed E-state index contributed by atoms with van der Waals surface area (Å²) in [5.74, 6) is 0.710. The first-order valence-electron chi connectivity index (χ1n) is 6.54. The van der Waals surface area contributed by atoms with Gasteiger partial charge < -0.3 is 10.6 Å². The van der Waals surface area contributed by atoms with Gasteiger partial charge in [0.15, 0.2) is 0 Å². The minimum atomic E-state index is 0.615. The lowest BCUT2D eigenvalue weighted by Crippen LogP contribution is -2.45. The van der Waals surface area contributed by atoms with Gasteiger partial charge in [0.05, 0.1) is 0 Å². The fraction of sp³-hybridized carbons (Fsp3) is 1.00. The molecule has 1 atom stereocenters. The number of nitrogens with two attached hydrogens (primary N) is 1. The molecule has 0 saturated heterocycles. The highest BCUT2D eigenvalue weighted by Crippen LogP contribution is 2.13. The van der Waals surface area contributed by atoms with Crippen LogP contribution in [0.25, 0.3) is 0 Å². The molecule has 1 unspecified atom stereocenters. The first-order valence-corrected chi connectivity index (χ1v) is 6.54. The number of likely N-dealkylation sites (N-methyl/N-ethyl adjacent to an activating group) is 1. The molecular weight excluding hydrogens is 198 g/mol. The van der Waals surface area contributed by atoms with Gasteiger partial charge in [0.2, 0.25) is 0 Å². The van der Waals surface area contributed by atoms with Crippen molar-refractivity contribution in [2.75, 3.05) is 33.2 Å². The molecule has 0 rings (SSSR count). The van der Waals surface area contributed by atoms with Crippen molar-refractivity contribution in [3.8, 4) is 0 Å². The second kappa shape index (κ2) is 8.04. The van der Waals surface area contributed by atoms with E-state index in [0.717, 1.165) is 26.2 Å². The molecule has 0 aromatic carbocycles. The third-order valence-corrected chi connectivity index (χ3v) is 3.40. The van der Waals surface area contributed by atoms with Crippen LogP contribution >= 0.6 is 0 Å². The molecule has 0 aromatic heterocycles. The molecule has 0 saturated carbocycles. The fourth-order valence-corrected chi connectivity index (χ4v) is 1.93. The summed E-state index contributed by atoms with van der Waals surface area (Å²) >= 11 is 0. The number of rotatable bonds is 8. The lowest BCUT2D eigenvalue weighted by molar-refractivity contribution is 0.116. The molecule has 0 spiro atoms. The van der Waals surface area contributed by atoms with Crippen molar-refractivity contribution in [3.05, 3.63) is 0 Å². The normalized spacial score (nSPS) is 14.4. The Morgan fingerprint density at radius 3 is 1.88 bits per heavy atom. The minimum absolute atomic E-state index is 0.615. The van der Waals surface area contributed by atoms with Crippen molar-refractivity contribution >= 4 is 0 Å². The van der Waals surface area contributed by atoms with Gasteiger partial charge in [0.25, 0.3) is 0 Å². The molecule has 3 nitrogen and oxygen atoms in total. The predicted octanol–water partition coefficient (Wildman–Crippen LogP) is 1.63. The molecule has 2 N–H and O–H groups in total. The molecule has 0 bridgehead atoms. The Kier molecular flexibility index (Phi) is 7.98. The van der Waals surface area contributed by atoms with E-state index >= 15 is 0 Å².